The van der Waals surface area contributed by atoms with Gasteiger partial charge < -0.3 is 5.11 Å². The zero-order chi connectivity index (χ0) is 19.6. The van der Waals surface area contributed by atoms with Crippen molar-refractivity contribution in [3.8, 4) is 5.69 Å². The van der Waals surface area contributed by atoms with E-state index >= 15 is 0 Å². The lowest BCUT2D eigenvalue weighted by Gasteiger charge is -2.25. The summed E-state index contributed by atoms with van der Waals surface area (Å²) in [5.41, 5.74) is 0.598. The van der Waals surface area contributed by atoms with Gasteiger partial charge in [0.1, 0.15) is 18.1 Å². The summed E-state index contributed by atoms with van der Waals surface area (Å²) in [7, 11) is 0. The molecule has 0 aliphatic heterocycles. The molecule has 1 unspecified atom stereocenters. The minimum absolute atomic E-state index is 0.0747. The molecule has 0 radical (unpaired) electrons. The van der Waals surface area contributed by atoms with Crippen molar-refractivity contribution >= 4 is 22.7 Å². The van der Waals surface area contributed by atoms with Crippen molar-refractivity contribution < 1.29 is 13.9 Å². The molecular weight excluding hydrogens is 378 g/mol. The fourth-order valence-corrected chi connectivity index (χ4v) is 4.08. The molecule has 0 aliphatic carbocycles. The number of hydrogen-bond acceptors (Lipinski definition) is 3. The number of thioether (sulfide) groups is 1. The van der Waals surface area contributed by atoms with Crippen molar-refractivity contribution in [2.45, 2.75) is 10.5 Å². The molecule has 0 saturated carbocycles. The van der Waals surface area contributed by atoms with Gasteiger partial charge in [0.2, 0.25) is 0 Å². The molecule has 0 fully saturated rings. The van der Waals surface area contributed by atoms with Crippen LogP contribution in [0.25, 0.3) is 16.6 Å². The van der Waals surface area contributed by atoms with Gasteiger partial charge in [0.05, 0.1) is 17.4 Å². The van der Waals surface area contributed by atoms with E-state index in [1.54, 1.807) is 35.1 Å². The highest BCUT2D eigenvalue weighted by molar-refractivity contribution is 7.99. The van der Waals surface area contributed by atoms with Gasteiger partial charge in [-0.25, -0.2) is 13.5 Å². The van der Waals surface area contributed by atoms with Crippen molar-refractivity contribution in [1.82, 2.24) is 9.78 Å². The van der Waals surface area contributed by atoms with Crippen LogP contribution < -0.4 is 0 Å². The van der Waals surface area contributed by atoms with E-state index in [1.807, 2.05) is 36.4 Å². The highest BCUT2D eigenvalue weighted by atomic mass is 32.2. The number of para-hydroxylation sites is 1. The van der Waals surface area contributed by atoms with Crippen LogP contribution in [0.3, 0.4) is 0 Å². The van der Waals surface area contributed by atoms with E-state index in [4.69, 9.17) is 0 Å². The largest absolute Gasteiger partial charge is 0.382 e. The molecule has 0 saturated heterocycles. The Bertz CT molecular complexity index is 1100. The number of benzene rings is 3. The molecule has 0 bridgehead atoms. The summed E-state index contributed by atoms with van der Waals surface area (Å²) in [5, 5.41) is 16.1. The molecule has 0 spiro atoms. The van der Waals surface area contributed by atoms with E-state index in [0.717, 1.165) is 16.6 Å². The maximum atomic E-state index is 13.8. The molecule has 3 aromatic carbocycles. The molecule has 0 aliphatic rings. The van der Waals surface area contributed by atoms with Gasteiger partial charge in [0, 0.05) is 16.0 Å². The van der Waals surface area contributed by atoms with Gasteiger partial charge in [0.15, 0.2) is 0 Å². The predicted molar refractivity (Wildman–Crippen MR) is 108 cm³/mol. The first-order valence-electron chi connectivity index (χ1n) is 8.79. The SMILES string of the molecule is OC(CF)(CSc1cccc(F)c1)c1ccc2c(cnn2-c2ccccc2)c1. The van der Waals surface area contributed by atoms with Gasteiger partial charge >= 0.3 is 0 Å². The minimum atomic E-state index is -1.67. The monoisotopic (exact) mass is 396 g/mol. The smallest absolute Gasteiger partial charge is 0.127 e. The van der Waals surface area contributed by atoms with Crippen LogP contribution in [0.2, 0.25) is 0 Å². The molecule has 1 heterocycles. The average molecular weight is 396 g/mol. The molecule has 3 nitrogen and oxygen atoms in total. The van der Waals surface area contributed by atoms with Gasteiger partial charge in [-0.05, 0) is 48.0 Å². The van der Waals surface area contributed by atoms with E-state index in [9.17, 15) is 13.9 Å². The van der Waals surface area contributed by atoms with E-state index in [0.29, 0.717) is 10.5 Å². The molecule has 1 aromatic heterocycles. The summed E-state index contributed by atoms with van der Waals surface area (Å²) in [4.78, 5) is 0.643. The van der Waals surface area contributed by atoms with Crippen molar-refractivity contribution in [2.24, 2.45) is 0 Å². The quantitative estimate of drug-likeness (QED) is 0.460. The van der Waals surface area contributed by atoms with Crippen molar-refractivity contribution in [3.63, 3.8) is 0 Å². The standard InChI is InChI=1S/C22H18F2N2OS/c23-14-22(27,15-28-20-8-4-5-18(24)12-20)17-9-10-21-16(11-17)13-25-26(21)19-6-2-1-3-7-19/h1-13,27H,14-15H2. The third-order valence-electron chi connectivity index (χ3n) is 4.60. The van der Waals surface area contributed by atoms with E-state index in [1.165, 1.54) is 23.9 Å². The Kier molecular flexibility index (Phi) is 5.15. The zero-order valence-corrected chi connectivity index (χ0v) is 15.7. The molecule has 1 N–H and O–H groups in total. The summed E-state index contributed by atoms with van der Waals surface area (Å²) < 4.78 is 29.0. The Morgan fingerprint density at radius 2 is 1.82 bits per heavy atom. The number of fused-ring (bicyclic) bond motifs is 1. The Labute approximate surface area is 165 Å². The van der Waals surface area contributed by atoms with Gasteiger partial charge in [0.25, 0.3) is 0 Å². The second-order valence-corrected chi connectivity index (χ2v) is 7.63. The highest BCUT2D eigenvalue weighted by Gasteiger charge is 2.30. The number of alkyl halides is 1. The molecule has 28 heavy (non-hydrogen) atoms. The summed E-state index contributed by atoms with van der Waals surface area (Å²) in [5.74, 6) is -0.283. The lowest BCUT2D eigenvalue weighted by molar-refractivity contribution is 0.0350. The van der Waals surface area contributed by atoms with E-state index in [-0.39, 0.29) is 11.6 Å². The predicted octanol–water partition coefficient (Wildman–Crippen LogP) is 5.11. The number of aliphatic hydroxyl groups is 1. The highest BCUT2D eigenvalue weighted by Crippen LogP contribution is 2.32. The van der Waals surface area contributed by atoms with Crippen LogP contribution in [0.4, 0.5) is 8.78 Å². The van der Waals surface area contributed by atoms with Gasteiger partial charge in [-0.1, -0.05) is 30.3 Å². The second kappa shape index (κ2) is 7.73. The Morgan fingerprint density at radius 1 is 1.00 bits per heavy atom. The zero-order valence-electron chi connectivity index (χ0n) is 14.9. The summed E-state index contributed by atoms with van der Waals surface area (Å²) in [6, 6.07) is 21.1. The van der Waals surface area contributed by atoms with Crippen LogP contribution in [0.5, 0.6) is 0 Å². The molecule has 4 aromatic rings. The lowest BCUT2D eigenvalue weighted by Crippen LogP contribution is -2.31. The molecular formula is C22H18F2N2OS. The van der Waals surface area contributed by atoms with Crippen LogP contribution in [0.1, 0.15) is 5.56 Å². The maximum Gasteiger partial charge on any atom is 0.127 e. The number of nitrogens with zero attached hydrogens (tertiary/aromatic N) is 2. The fourth-order valence-electron chi connectivity index (χ4n) is 3.06. The Morgan fingerprint density at radius 3 is 2.57 bits per heavy atom. The maximum absolute atomic E-state index is 13.8. The third-order valence-corrected chi connectivity index (χ3v) is 5.81. The van der Waals surface area contributed by atoms with Crippen LogP contribution in [0.15, 0.2) is 83.9 Å². The molecule has 142 valence electrons. The Balaban J connectivity index is 1.63. The first kappa shape index (κ1) is 18.7. The lowest BCUT2D eigenvalue weighted by atomic mass is 9.96. The molecule has 1 atom stereocenters. The number of halogens is 2. The summed E-state index contributed by atoms with van der Waals surface area (Å²) in [6.07, 6.45) is 1.70. The van der Waals surface area contributed by atoms with Gasteiger partial charge in [-0.2, -0.15) is 5.10 Å². The first-order valence-corrected chi connectivity index (χ1v) is 9.78. The van der Waals surface area contributed by atoms with Crippen molar-refractivity contribution in [2.75, 3.05) is 12.4 Å². The van der Waals surface area contributed by atoms with E-state index in [2.05, 4.69) is 5.10 Å². The fraction of sp³-hybridized carbons (Fsp3) is 0.136. The number of hydrogen-bond donors (Lipinski definition) is 1. The van der Waals surface area contributed by atoms with Crippen LogP contribution in [0, 0.1) is 5.82 Å². The van der Waals surface area contributed by atoms with E-state index < -0.39 is 12.3 Å². The number of aromatic nitrogens is 2. The van der Waals surface area contributed by atoms with Crippen LogP contribution >= 0.6 is 11.8 Å². The van der Waals surface area contributed by atoms with Gasteiger partial charge in [-0.15, -0.1) is 11.8 Å². The van der Waals surface area contributed by atoms with Crippen molar-refractivity contribution in [3.05, 3.63) is 90.4 Å². The minimum Gasteiger partial charge on any atom is -0.382 e. The normalized spacial score (nSPS) is 13.5. The van der Waals surface area contributed by atoms with Crippen molar-refractivity contribution in [1.29, 1.82) is 0 Å². The number of rotatable bonds is 6. The summed E-state index contributed by atoms with van der Waals surface area (Å²) in [6.45, 7) is -0.937. The topological polar surface area (TPSA) is 38.1 Å². The molecule has 0 amide bonds. The Hall–Kier alpha value is -2.70. The third kappa shape index (κ3) is 3.66. The molecule has 4 rings (SSSR count). The summed E-state index contributed by atoms with van der Waals surface area (Å²) >= 11 is 1.22. The van der Waals surface area contributed by atoms with Crippen LogP contribution in [-0.4, -0.2) is 27.3 Å². The van der Waals surface area contributed by atoms with Crippen LogP contribution in [-0.2, 0) is 5.60 Å². The molecule has 6 heteroatoms. The first-order chi connectivity index (χ1) is 13.6. The second-order valence-electron chi connectivity index (χ2n) is 6.58. The average Bonchev–Trinajstić information content (AvgIpc) is 3.16. The van der Waals surface area contributed by atoms with Gasteiger partial charge in [-0.3, -0.25) is 0 Å².